The molecule has 0 spiro atoms. The second-order valence-corrected chi connectivity index (χ2v) is 7.83. The Bertz CT molecular complexity index is 1110. The highest BCUT2D eigenvalue weighted by atomic mass is 19.4. The number of alkyl halides is 3. The quantitative estimate of drug-likeness (QED) is 0.354. The first-order valence-corrected chi connectivity index (χ1v) is 10.9. The number of aromatic nitrogens is 1. The van der Waals surface area contributed by atoms with E-state index in [1.54, 1.807) is 30.3 Å². The van der Waals surface area contributed by atoms with Crippen molar-refractivity contribution in [3.05, 3.63) is 77.5 Å². The molecule has 5 nitrogen and oxygen atoms in total. The molecule has 1 aromatic heterocycles. The van der Waals surface area contributed by atoms with Gasteiger partial charge in [-0.2, -0.15) is 13.2 Å². The van der Waals surface area contributed by atoms with Gasteiger partial charge in [0.25, 0.3) is 0 Å². The summed E-state index contributed by atoms with van der Waals surface area (Å²) in [6, 6.07) is 15.2. The van der Waals surface area contributed by atoms with Crippen LogP contribution < -0.4 is 9.47 Å². The average molecular weight is 473 g/mol. The third-order valence-corrected chi connectivity index (χ3v) is 5.28. The predicted molar refractivity (Wildman–Crippen MR) is 122 cm³/mol. The zero-order valence-corrected chi connectivity index (χ0v) is 18.9. The van der Waals surface area contributed by atoms with Gasteiger partial charge in [-0.1, -0.05) is 37.6 Å². The largest absolute Gasteiger partial charge is 0.493 e. The lowest BCUT2D eigenvalue weighted by molar-refractivity contribution is -0.138. The minimum absolute atomic E-state index is 0.132. The number of ether oxygens (including phenoxy) is 2. The van der Waals surface area contributed by atoms with Gasteiger partial charge in [0, 0.05) is 5.56 Å². The van der Waals surface area contributed by atoms with Crippen LogP contribution in [0.25, 0.3) is 11.3 Å². The number of hydrogen-bond acceptors (Lipinski definition) is 4. The Labute approximate surface area is 196 Å². The Balaban J connectivity index is 1.89. The molecule has 34 heavy (non-hydrogen) atoms. The van der Waals surface area contributed by atoms with E-state index >= 15 is 0 Å². The molecule has 180 valence electrons. The lowest BCUT2D eigenvalue weighted by Gasteiger charge is -2.21. The van der Waals surface area contributed by atoms with Crippen LogP contribution in [0, 0.1) is 0 Å². The van der Waals surface area contributed by atoms with Gasteiger partial charge in [-0.3, -0.25) is 4.79 Å². The fourth-order valence-electron chi connectivity index (χ4n) is 3.53. The van der Waals surface area contributed by atoms with Crippen LogP contribution in [-0.2, 0) is 17.4 Å². The number of halogens is 3. The zero-order chi connectivity index (χ0) is 24.7. The standard InChI is InChI=1S/C26H26F3NO4/c1-3-4-8-22(34-23-14-9-17(16-25(31)32)15-24(23)33-2)21-7-5-6-20(30-21)18-10-12-19(13-11-18)26(27,28)29/h5-7,9-15,22H,3-4,8,16H2,1-2H3,(H,31,32)/t22-/m0/s1. The summed E-state index contributed by atoms with van der Waals surface area (Å²) in [4.78, 5) is 15.7. The predicted octanol–water partition coefficient (Wildman–Crippen LogP) is 6.71. The average Bonchev–Trinajstić information content (AvgIpc) is 2.81. The number of hydrogen-bond donors (Lipinski definition) is 1. The van der Waals surface area contributed by atoms with Crippen molar-refractivity contribution in [1.29, 1.82) is 0 Å². The number of carboxylic acids is 1. The minimum atomic E-state index is -4.40. The molecule has 0 aliphatic carbocycles. The molecule has 0 saturated heterocycles. The molecule has 1 atom stereocenters. The third kappa shape index (κ3) is 6.50. The van der Waals surface area contributed by atoms with Crippen molar-refractivity contribution in [2.45, 2.75) is 44.9 Å². The highest BCUT2D eigenvalue weighted by Crippen LogP contribution is 2.35. The van der Waals surface area contributed by atoms with E-state index in [1.807, 2.05) is 6.07 Å². The van der Waals surface area contributed by atoms with Gasteiger partial charge in [-0.15, -0.1) is 0 Å². The molecule has 0 bridgehead atoms. The van der Waals surface area contributed by atoms with Gasteiger partial charge in [0.2, 0.25) is 0 Å². The Morgan fingerprint density at radius 1 is 1.06 bits per heavy atom. The molecule has 1 heterocycles. The maximum Gasteiger partial charge on any atom is 0.416 e. The number of carbonyl (C=O) groups is 1. The summed E-state index contributed by atoms with van der Waals surface area (Å²) in [6.07, 6.45) is -2.48. The Hall–Kier alpha value is -3.55. The summed E-state index contributed by atoms with van der Waals surface area (Å²) >= 11 is 0. The number of nitrogens with zero attached hydrogens (tertiary/aromatic N) is 1. The SMILES string of the molecule is CCCC[C@H](Oc1ccc(CC(=O)O)cc1OC)c1cccc(-c2ccc(C(F)(F)F)cc2)n1. The first-order chi connectivity index (χ1) is 16.2. The molecule has 2 aromatic carbocycles. The van der Waals surface area contributed by atoms with Crippen molar-refractivity contribution in [1.82, 2.24) is 4.98 Å². The minimum Gasteiger partial charge on any atom is -0.493 e. The molecule has 0 radical (unpaired) electrons. The van der Waals surface area contributed by atoms with Crippen LogP contribution in [0.4, 0.5) is 13.2 Å². The highest BCUT2D eigenvalue weighted by molar-refractivity contribution is 5.70. The number of pyridine rings is 1. The molecule has 8 heteroatoms. The number of benzene rings is 2. The van der Waals surface area contributed by atoms with Gasteiger partial charge < -0.3 is 14.6 Å². The van der Waals surface area contributed by atoms with Crippen LogP contribution in [0.1, 0.15) is 49.1 Å². The molecule has 3 aromatic rings. The smallest absolute Gasteiger partial charge is 0.416 e. The van der Waals surface area contributed by atoms with Gasteiger partial charge in [-0.25, -0.2) is 4.98 Å². The molecule has 3 rings (SSSR count). The van der Waals surface area contributed by atoms with Crippen LogP contribution in [0.2, 0.25) is 0 Å². The molecule has 0 aliphatic heterocycles. The summed E-state index contributed by atoms with van der Waals surface area (Å²) in [6.45, 7) is 2.06. The first-order valence-electron chi connectivity index (χ1n) is 10.9. The van der Waals surface area contributed by atoms with Gasteiger partial charge >= 0.3 is 12.1 Å². The summed E-state index contributed by atoms with van der Waals surface area (Å²) in [5, 5.41) is 9.03. The maximum absolute atomic E-state index is 12.9. The van der Waals surface area contributed by atoms with Gasteiger partial charge in [0.05, 0.1) is 30.5 Å². The molecule has 0 aliphatic rings. The molecular formula is C26H26F3NO4. The van der Waals surface area contributed by atoms with E-state index in [9.17, 15) is 18.0 Å². The van der Waals surface area contributed by atoms with Crippen LogP contribution in [0.5, 0.6) is 11.5 Å². The number of aliphatic carboxylic acids is 1. The summed E-state index contributed by atoms with van der Waals surface area (Å²) in [5.41, 5.74) is 1.63. The van der Waals surface area contributed by atoms with E-state index in [4.69, 9.17) is 14.6 Å². The van der Waals surface area contributed by atoms with Crippen LogP contribution in [0.3, 0.4) is 0 Å². The Morgan fingerprint density at radius 3 is 2.41 bits per heavy atom. The third-order valence-electron chi connectivity index (χ3n) is 5.28. The molecule has 0 saturated carbocycles. The topological polar surface area (TPSA) is 68.7 Å². The van der Waals surface area contributed by atoms with E-state index < -0.39 is 23.8 Å². The van der Waals surface area contributed by atoms with Crippen molar-refractivity contribution in [3.63, 3.8) is 0 Å². The lowest BCUT2D eigenvalue weighted by atomic mass is 10.1. The van der Waals surface area contributed by atoms with Crippen LogP contribution in [0.15, 0.2) is 60.7 Å². The number of methoxy groups -OCH3 is 1. The number of unbranched alkanes of at least 4 members (excludes halogenated alkanes) is 1. The second kappa shape index (κ2) is 11.0. The molecule has 0 unspecified atom stereocenters. The zero-order valence-electron chi connectivity index (χ0n) is 18.9. The summed E-state index contributed by atoms with van der Waals surface area (Å²) in [5.74, 6) is -0.0700. The van der Waals surface area contributed by atoms with Crippen molar-refractivity contribution in [2.75, 3.05) is 7.11 Å². The fraction of sp³-hybridized carbons (Fsp3) is 0.308. The molecule has 0 fully saturated rings. The van der Waals surface area contributed by atoms with Crippen molar-refractivity contribution in [2.24, 2.45) is 0 Å². The molecule has 1 N–H and O–H groups in total. The van der Waals surface area contributed by atoms with Gasteiger partial charge in [0.1, 0.15) is 6.10 Å². The molecular weight excluding hydrogens is 447 g/mol. The monoisotopic (exact) mass is 473 g/mol. The van der Waals surface area contributed by atoms with Crippen molar-refractivity contribution in [3.8, 4) is 22.8 Å². The fourth-order valence-corrected chi connectivity index (χ4v) is 3.53. The van der Waals surface area contributed by atoms with Gasteiger partial charge in [-0.05, 0) is 54.8 Å². The first kappa shape index (κ1) is 25.1. The summed E-state index contributed by atoms with van der Waals surface area (Å²) in [7, 11) is 1.48. The van der Waals surface area contributed by atoms with E-state index in [-0.39, 0.29) is 6.42 Å². The lowest BCUT2D eigenvalue weighted by Crippen LogP contribution is -2.11. The summed E-state index contributed by atoms with van der Waals surface area (Å²) < 4.78 is 50.4. The van der Waals surface area contributed by atoms with E-state index in [1.165, 1.54) is 19.2 Å². The number of carboxylic acid groups (broad SMARTS) is 1. The van der Waals surface area contributed by atoms with Gasteiger partial charge in [0.15, 0.2) is 11.5 Å². The Morgan fingerprint density at radius 2 is 1.79 bits per heavy atom. The van der Waals surface area contributed by atoms with Crippen molar-refractivity contribution >= 4 is 5.97 Å². The van der Waals surface area contributed by atoms with Crippen LogP contribution in [-0.4, -0.2) is 23.2 Å². The maximum atomic E-state index is 12.9. The number of rotatable bonds is 10. The second-order valence-electron chi connectivity index (χ2n) is 7.83. The van der Waals surface area contributed by atoms with E-state index in [2.05, 4.69) is 11.9 Å². The van der Waals surface area contributed by atoms with Crippen molar-refractivity contribution < 1.29 is 32.5 Å². The van der Waals surface area contributed by atoms with E-state index in [0.29, 0.717) is 40.4 Å². The highest BCUT2D eigenvalue weighted by Gasteiger charge is 2.30. The van der Waals surface area contributed by atoms with E-state index in [0.717, 1.165) is 25.0 Å². The van der Waals surface area contributed by atoms with Crippen LogP contribution >= 0.6 is 0 Å². The molecule has 0 amide bonds. The normalized spacial score (nSPS) is 12.3. The Kier molecular flexibility index (Phi) is 8.15.